The molecule has 116 valence electrons. The molecule has 6 nitrogen and oxygen atoms in total. The summed E-state index contributed by atoms with van der Waals surface area (Å²) in [5.41, 5.74) is 1.69. The molecule has 0 atom stereocenters. The molecule has 1 amide bonds. The summed E-state index contributed by atoms with van der Waals surface area (Å²) in [6.07, 6.45) is 0. The third kappa shape index (κ3) is 4.74. The molecule has 0 aliphatic rings. The summed E-state index contributed by atoms with van der Waals surface area (Å²) in [5.74, 6) is -0.440. The lowest BCUT2D eigenvalue weighted by molar-refractivity contribution is -0.133. The fourth-order valence-corrected chi connectivity index (χ4v) is 2.88. The number of carbonyl (C=O) groups excluding carboxylic acids is 1. The van der Waals surface area contributed by atoms with Crippen molar-refractivity contribution < 1.29 is 19.4 Å². The number of carboxylic acid groups (broad SMARTS) is 1. The van der Waals surface area contributed by atoms with Crippen LogP contribution in [0.25, 0.3) is 11.3 Å². The van der Waals surface area contributed by atoms with Gasteiger partial charge in [-0.3, -0.25) is 9.59 Å². The zero-order valence-electron chi connectivity index (χ0n) is 11.7. The van der Waals surface area contributed by atoms with Crippen LogP contribution >= 0.6 is 23.1 Å². The maximum Gasteiger partial charge on any atom is 0.313 e. The second-order valence-electron chi connectivity index (χ2n) is 4.20. The van der Waals surface area contributed by atoms with E-state index in [9.17, 15) is 9.59 Å². The number of hydrogen-bond acceptors (Lipinski definition) is 6. The summed E-state index contributed by atoms with van der Waals surface area (Å²) in [5, 5.41) is 13.5. The fourth-order valence-electron chi connectivity index (χ4n) is 1.61. The number of thioether (sulfide) groups is 1. The zero-order valence-corrected chi connectivity index (χ0v) is 13.4. The molecule has 0 saturated carbocycles. The van der Waals surface area contributed by atoms with Crippen LogP contribution in [0.2, 0.25) is 0 Å². The topological polar surface area (TPSA) is 88.5 Å². The van der Waals surface area contributed by atoms with Crippen molar-refractivity contribution in [2.75, 3.05) is 23.9 Å². The minimum absolute atomic E-state index is 0.0871. The molecule has 2 N–H and O–H groups in total. The molecule has 0 bridgehead atoms. The van der Waals surface area contributed by atoms with Gasteiger partial charge in [-0.15, -0.1) is 23.1 Å². The Morgan fingerprint density at radius 3 is 2.68 bits per heavy atom. The Hall–Kier alpha value is -2.06. The Labute approximate surface area is 135 Å². The molecule has 2 aromatic rings. The first-order valence-electron chi connectivity index (χ1n) is 6.28. The average Bonchev–Trinajstić information content (AvgIpc) is 2.95. The van der Waals surface area contributed by atoms with Crippen molar-refractivity contribution in [2.45, 2.75) is 0 Å². The van der Waals surface area contributed by atoms with Gasteiger partial charge in [0.25, 0.3) is 0 Å². The molecule has 0 aliphatic heterocycles. The lowest BCUT2D eigenvalue weighted by Crippen LogP contribution is -2.15. The Kier molecular flexibility index (Phi) is 5.79. The molecular formula is C14H14N2O4S2. The van der Waals surface area contributed by atoms with Crippen molar-refractivity contribution in [3.63, 3.8) is 0 Å². The average molecular weight is 338 g/mol. The highest BCUT2D eigenvalue weighted by molar-refractivity contribution is 8.00. The molecule has 0 aliphatic carbocycles. The zero-order chi connectivity index (χ0) is 15.9. The van der Waals surface area contributed by atoms with Crippen LogP contribution in [0.5, 0.6) is 5.75 Å². The minimum Gasteiger partial charge on any atom is -0.497 e. The highest BCUT2D eigenvalue weighted by Crippen LogP contribution is 2.26. The Morgan fingerprint density at radius 1 is 1.32 bits per heavy atom. The molecule has 1 aromatic carbocycles. The number of anilines is 1. The molecule has 0 radical (unpaired) electrons. The number of thiazole rings is 1. The van der Waals surface area contributed by atoms with Crippen LogP contribution in [0.1, 0.15) is 0 Å². The summed E-state index contributed by atoms with van der Waals surface area (Å²) in [7, 11) is 1.61. The van der Waals surface area contributed by atoms with Crippen LogP contribution in [-0.2, 0) is 9.59 Å². The van der Waals surface area contributed by atoms with E-state index in [1.165, 1.54) is 11.3 Å². The number of ether oxygens (including phenoxy) is 1. The van der Waals surface area contributed by atoms with Crippen molar-refractivity contribution >= 4 is 40.1 Å². The van der Waals surface area contributed by atoms with Gasteiger partial charge in [0.2, 0.25) is 5.91 Å². The number of carboxylic acids is 1. The predicted molar refractivity (Wildman–Crippen MR) is 87.7 cm³/mol. The van der Waals surface area contributed by atoms with E-state index in [1.807, 2.05) is 29.6 Å². The first kappa shape index (κ1) is 16.3. The van der Waals surface area contributed by atoms with Gasteiger partial charge in [0.1, 0.15) is 5.75 Å². The van der Waals surface area contributed by atoms with Gasteiger partial charge in [0.15, 0.2) is 5.13 Å². The number of aliphatic carboxylic acids is 1. The van der Waals surface area contributed by atoms with Gasteiger partial charge >= 0.3 is 5.97 Å². The maximum atomic E-state index is 11.6. The lowest BCUT2D eigenvalue weighted by Gasteiger charge is -2.01. The van der Waals surface area contributed by atoms with E-state index in [0.717, 1.165) is 28.8 Å². The summed E-state index contributed by atoms with van der Waals surface area (Å²) >= 11 is 2.37. The molecule has 0 unspecified atom stereocenters. The molecule has 0 spiro atoms. The number of amides is 1. The van der Waals surface area contributed by atoms with Gasteiger partial charge in [-0.2, -0.15) is 0 Å². The standard InChI is InChI=1S/C14H14N2O4S2/c1-20-10-4-2-9(3-5-10)11-6-22-14(15-11)16-12(17)7-21-8-13(18)19/h2-6H,7-8H2,1H3,(H,18,19)(H,15,16,17). The number of nitrogens with one attached hydrogen (secondary N) is 1. The Bertz CT molecular complexity index is 655. The summed E-state index contributed by atoms with van der Waals surface area (Å²) in [4.78, 5) is 26.4. The van der Waals surface area contributed by atoms with Crippen molar-refractivity contribution in [3.05, 3.63) is 29.6 Å². The van der Waals surface area contributed by atoms with Crippen molar-refractivity contribution in [2.24, 2.45) is 0 Å². The van der Waals surface area contributed by atoms with Crippen LogP contribution in [0.15, 0.2) is 29.6 Å². The number of benzene rings is 1. The molecule has 2 rings (SSSR count). The fraction of sp³-hybridized carbons (Fsp3) is 0.214. The molecule has 8 heteroatoms. The van der Waals surface area contributed by atoms with E-state index in [-0.39, 0.29) is 17.4 Å². The molecule has 1 aromatic heterocycles. The summed E-state index contributed by atoms with van der Waals surface area (Å²) < 4.78 is 5.10. The number of aromatic nitrogens is 1. The van der Waals surface area contributed by atoms with Gasteiger partial charge in [-0.25, -0.2) is 4.98 Å². The number of methoxy groups -OCH3 is 1. The predicted octanol–water partition coefficient (Wildman–Crippen LogP) is 2.58. The normalized spacial score (nSPS) is 10.2. The Balaban J connectivity index is 1.93. The number of rotatable bonds is 7. The van der Waals surface area contributed by atoms with E-state index in [2.05, 4.69) is 10.3 Å². The number of nitrogens with zero attached hydrogens (tertiary/aromatic N) is 1. The van der Waals surface area contributed by atoms with Gasteiger partial charge in [-0.05, 0) is 24.3 Å². The van der Waals surface area contributed by atoms with Crippen LogP contribution < -0.4 is 10.1 Å². The van der Waals surface area contributed by atoms with Crippen molar-refractivity contribution in [3.8, 4) is 17.0 Å². The van der Waals surface area contributed by atoms with Gasteiger partial charge in [0, 0.05) is 10.9 Å². The number of hydrogen-bond donors (Lipinski definition) is 2. The molecule has 0 saturated heterocycles. The Morgan fingerprint density at radius 2 is 2.05 bits per heavy atom. The molecular weight excluding hydrogens is 324 g/mol. The van der Waals surface area contributed by atoms with Crippen molar-refractivity contribution in [1.82, 2.24) is 4.98 Å². The van der Waals surface area contributed by atoms with E-state index >= 15 is 0 Å². The lowest BCUT2D eigenvalue weighted by atomic mass is 10.2. The van der Waals surface area contributed by atoms with Crippen molar-refractivity contribution in [1.29, 1.82) is 0 Å². The first-order chi connectivity index (χ1) is 10.6. The smallest absolute Gasteiger partial charge is 0.313 e. The van der Waals surface area contributed by atoms with E-state index < -0.39 is 5.97 Å². The minimum atomic E-state index is -0.936. The van der Waals surface area contributed by atoms with Crippen LogP contribution in [0.3, 0.4) is 0 Å². The van der Waals surface area contributed by atoms with Crippen LogP contribution in [0, 0.1) is 0 Å². The quantitative estimate of drug-likeness (QED) is 0.807. The highest BCUT2D eigenvalue weighted by Gasteiger charge is 2.09. The van der Waals surface area contributed by atoms with Gasteiger partial charge in [0.05, 0.1) is 24.3 Å². The van der Waals surface area contributed by atoms with Crippen LogP contribution in [0.4, 0.5) is 5.13 Å². The summed E-state index contributed by atoms with van der Waals surface area (Å²) in [6.45, 7) is 0. The van der Waals surface area contributed by atoms with E-state index in [1.54, 1.807) is 7.11 Å². The monoisotopic (exact) mass is 338 g/mol. The third-order valence-corrected chi connectivity index (χ3v) is 4.27. The maximum absolute atomic E-state index is 11.6. The number of carbonyl (C=O) groups is 2. The SMILES string of the molecule is COc1ccc(-c2csc(NC(=O)CSCC(=O)O)n2)cc1. The van der Waals surface area contributed by atoms with E-state index in [0.29, 0.717) is 5.13 Å². The molecule has 0 fully saturated rings. The van der Waals surface area contributed by atoms with Gasteiger partial charge < -0.3 is 15.2 Å². The van der Waals surface area contributed by atoms with Crippen LogP contribution in [-0.4, -0.2) is 40.6 Å². The third-order valence-electron chi connectivity index (χ3n) is 2.60. The summed E-state index contributed by atoms with van der Waals surface area (Å²) in [6, 6.07) is 7.47. The second kappa shape index (κ2) is 7.81. The first-order valence-corrected chi connectivity index (χ1v) is 8.31. The highest BCUT2D eigenvalue weighted by atomic mass is 32.2. The molecule has 22 heavy (non-hydrogen) atoms. The largest absolute Gasteiger partial charge is 0.497 e. The van der Waals surface area contributed by atoms with E-state index in [4.69, 9.17) is 9.84 Å². The second-order valence-corrected chi connectivity index (χ2v) is 6.04. The van der Waals surface area contributed by atoms with Gasteiger partial charge in [-0.1, -0.05) is 0 Å². The molecule has 1 heterocycles.